The van der Waals surface area contributed by atoms with Crippen LogP contribution in [0.5, 0.6) is 11.5 Å². The molecule has 0 bridgehead atoms. The van der Waals surface area contributed by atoms with Gasteiger partial charge in [-0.3, -0.25) is 4.79 Å². The zero-order chi connectivity index (χ0) is 16.7. The monoisotopic (exact) mass is 314 g/mol. The van der Waals surface area contributed by atoms with Crippen molar-refractivity contribution in [3.05, 3.63) is 59.7 Å². The minimum atomic E-state index is -0.496. The standard InChI is InChI=1S/C18H18O5/c1-13(19)14-7-5-8-16(10-14)22-12-18(20)23-11-15-6-3-4-9-17(15)21-2/h3-10H,11-12H2,1-2H3. The first-order valence-corrected chi connectivity index (χ1v) is 7.11. The summed E-state index contributed by atoms with van der Waals surface area (Å²) in [6.07, 6.45) is 0. The molecule has 5 nitrogen and oxygen atoms in total. The minimum Gasteiger partial charge on any atom is -0.496 e. The van der Waals surface area contributed by atoms with Crippen molar-refractivity contribution in [3.8, 4) is 11.5 Å². The Hall–Kier alpha value is -2.82. The predicted molar refractivity (Wildman–Crippen MR) is 84.7 cm³/mol. The summed E-state index contributed by atoms with van der Waals surface area (Å²) >= 11 is 0. The molecule has 0 unspecified atom stereocenters. The van der Waals surface area contributed by atoms with E-state index in [-0.39, 0.29) is 19.0 Å². The molecule has 0 radical (unpaired) electrons. The molecule has 0 heterocycles. The van der Waals surface area contributed by atoms with Gasteiger partial charge in [0.2, 0.25) is 0 Å². The average Bonchev–Trinajstić information content (AvgIpc) is 2.58. The number of rotatable bonds is 7. The Morgan fingerprint density at radius 2 is 1.83 bits per heavy atom. The lowest BCUT2D eigenvalue weighted by Gasteiger charge is -2.10. The van der Waals surface area contributed by atoms with Crippen molar-refractivity contribution in [2.45, 2.75) is 13.5 Å². The van der Waals surface area contributed by atoms with E-state index in [2.05, 4.69) is 0 Å². The van der Waals surface area contributed by atoms with Crippen molar-refractivity contribution in [2.75, 3.05) is 13.7 Å². The summed E-state index contributed by atoms with van der Waals surface area (Å²) in [4.78, 5) is 23.0. The van der Waals surface area contributed by atoms with Crippen molar-refractivity contribution >= 4 is 11.8 Å². The lowest BCUT2D eigenvalue weighted by atomic mass is 10.1. The number of ether oxygens (including phenoxy) is 3. The summed E-state index contributed by atoms with van der Waals surface area (Å²) in [6, 6.07) is 14.0. The fourth-order valence-corrected chi connectivity index (χ4v) is 1.97. The summed E-state index contributed by atoms with van der Waals surface area (Å²) in [6.45, 7) is 1.36. The van der Waals surface area contributed by atoms with E-state index >= 15 is 0 Å². The molecular weight excluding hydrogens is 296 g/mol. The van der Waals surface area contributed by atoms with Crippen LogP contribution in [-0.2, 0) is 16.1 Å². The molecule has 0 aliphatic carbocycles. The molecular formula is C18H18O5. The molecule has 2 rings (SSSR count). The maximum atomic E-state index is 11.8. The van der Waals surface area contributed by atoms with Gasteiger partial charge in [0.25, 0.3) is 0 Å². The van der Waals surface area contributed by atoms with Crippen LogP contribution >= 0.6 is 0 Å². The molecule has 0 fully saturated rings. The van der Waals surface area contributed by atoms with Gasteiger partial charge in [0.05, 0.1) is 7.11 Å². The average molecular weight is 314 g/mol. The van der Waals surface area contributed by atoms with Crippen LogP contribution in [0.2, 0.25) is 0 Å². The SMILES string of the molecule is COc1ccccc1COC(=O)COc1cccc(C(C)=O)c1. The number of carbonyl (C=O) groups is 2. The molecule has 2 aromatic rings. The van der Waals surface area contributed by atoms with Crippen LogP contribution in [0.15, 0.2) is 48.5 Å². The number of carbonyl (C=O) groups excluding carboxylic acids is 2. The second-order valence-electron chi connectivity index (χ2n) is 4.85. The maximum Gasteiger partial charge on any atom is 0.344 e. The van der Waals surface area contributed by atoms with E-state index in [1.54, 1.807) is 37.4 Å². The molecule has 0 saturated heterocycles. The Bertz CT molecular complexity index is 693. The van der Waals surface area contributed by atoms with Crippen molar-refractivity contribution in [3.63, 3.8) is 0 Å². The van der Waals surface area contributed by atoms with Crippen molar-refractivity contribution in [1.82, 2.24) is 0 Å². The lowest BCUT2D eigenvalue weighted by molar-refractivity contribution is -0.147. The van der Waals surface area contributed by atoms with Crippen molar-refractivity contribution in [1.29, 1.82) is 0 Å². The summed E-state index contributed by atoms with van der Waals surface area (Å²) < 4.78 is 15.7. The third-order valence-corrected chi connectivity index (χ3v) is 3.18. The highest BCUT2D eigenvalue weighted by Crippen LogP contribution is 2.18. The van der Waals surface area contributed by atoms with Crippen LogP contribution in [0.25, 0.3) is 0 Å². The lowest BCUT2D eigenvalue weighted by Crippen LogP contribution is -2.15. The fraction of sp³-hybridized carbons (Fsp3) is 0.222. The quantitative estimate of drug-likeness (QED) is 0.581. The van der Waals surface area contributed by atoms with Crippen LogP contribution in [0.3, 0.4) is 0 Å². The van der Waals surface area contributed by atoms with Gasteiger partial charge in [0.1, 0.15) is 18.1 Å². The molecule has 0 aliphatic heterocycles. The molecule has 0 aromatic heterocycles. The molecule has 0 N–H and O–H groups in total. The van der Waals surface area contributed by atoms with E-state index < -0.39 is 5.97 Å². The Balaban J connectivity index is 1.86. The highest BCUT2D eigenvalue weighted by Gasteiger charge is 2.08. The Morgan fingerprint density at radius 1 is 1.04 bits per heavy atom. The van der Waals surface area contributed by atoms with E-state index in [0.717, 1.165) is 5.56 Å². The predicted octanol–water partition coefficient (Wildman–Crippen LogP) is 3.02. The molecule has 2 aromatic carbocycles. The number of Topliss-reactive ketones (excluding diaryl/α,β-unsaturated/α-hetero) is 1. The summed E-state index contributed by atoms with van der Waals surface area (Å²) in [5, 5.41) is 0. The van der Waals surface area contributed by atoms with Gasteiger partial charge in [0.15, 0.2) is 12.4 Å². The molecule has 0 atom stereocenters. The van der Waals surface area contributed by atoms with Crippen LogP contribution in [0.4, 0.5) is 0 Å². The number of hydrogen-bond acceptors (Lipinski definition) is 5. The van der Waals surface area contributed by atoms with Crippen LogP contribution < -0.4 is 9.47 Å². The third-order valence-electron chi connectivity index (χ3n) is 3.18. The number of methoxy groups -OCH3 is 1. The highest BCUT2D eigenvalue weighted by molar-refractivity contribution is 5.94. The molecule has 0 amide bonds. The van der Waals surface area contributed by atoms with Gasteiger partial charge in [0, 0.05) is 11.1 Å². The van der Waals surface area contributed by atoms with Gasteiger partial charge in [-0.15, -0.1) is 0 Å². The summed E-state index contributed by atoms with van der Waals surface area (Å²) in [7, 11) is 1.56. The molecule has 0 aliphatic rings. The van der Waals surface area contributed by atoms with Crippen LogP contribution in [0, 0.1) is 0 Å². The van der Waals surface area contributed by atoms with Gasteiger partial charge >= 0.3 is 5.97 Å². The smallest absolute Gasteiger partial charge is 0.344 e. The minimum absolute atomic E-state index is 0.0609. The number of para-hydroxylation sites is 1. The summed E-state index contributed by atoms with van der Waals surface area (Å²) in [5.74, 6) is 0.556. The number of benzene rings is 2. The molecule has 120 valence electrons. The molecule has 5 heteroatoms. The van der Waals surface area contributed by atoms with Gasteiger partial charge < -0.3 is 14.2 Å². The number of esters is 1. The van der Waals surface area contributed by atoms with Crippen molar-refractivity contribution in [2.24, 2.45) is 0 Å². The van der Waals surface area contributed by atoms with E-state index in [0.29, 0.717) is 17.1 Å². The van der Waals surface area contributed by atoms with Crippen LogP contribution in [-0.4, -0.2) is 25.5 Å². The van der Waals surface area contributed by atoms with E-state index in [9.17, 15) is 9.59 Å². The van der Waals surface area contributed by atoms with Gasteiger partial charge in [-0.2, -0.15) is 0 Å². The topological polar surface area (TPSA) is 61.8 Å². The van der Waals surface area contributed by atoms with E-state index in [1.165, 1.54) is 6.92 Å². The molecule has 23 heavy (non-hydrogen) atoms. The Kier molecular flexibility index (Phi) is 5.74. The largest absolute Gasteiger partial charge is 0.496 e. The van der Waals surface area contributed by atoms with Crippen LogP contribution in [0.1, 0.15) is 22.8 Å². The highest BCUT2D eigenvalue weighted by atomic mass is 16.6. The second kappa shape index (κ2) is 7.98. The molecule has 0 saturated carbocycles. The third kappa shape index (κ3) is 4.85. The first-order chi connectivity index (χ1) is 11.1. The number of ketones is 1. The van der Waals surface area contributed by atoms with Crippen molar-refractivity contribution < 1.29 is 23.8 Å². The first kappa shape index (κ1) is 16.5. The number of hydrogen-bond donors (Lipinski definition) is 0. The summed E-state index contributed by atoms with van der Waals surface area (Å²) in [5.41, 5.74) is 1.31. The van der Waals surface area contributed by atoms with Gasteiger partial charge in [-0.05, 0) is 25.1 Å². The fourth-order valence-electron chi connectivity index (χ4n) is 1.97. The second-order valence-corrected chi connectivity index (χ2v) is 4.85. The molecule has 0 spiro atoms. The zero-order valence-corrected chi connectivity index (χ0v) is 13.1. The van der Waals surface area contributed by atoms with E-state index in [1.807, 2.05) is 18.2 Å². The van der Waals surface area contributed by atoms with E-state index in [4.69, 9.17) is 14.2 Å². The van der Waals surface area contributed by atoms with Gasteiger partial charge in [-0.25, -0.2) is 4.79 Å². The maximum absolute atomic E-state index is 11.8. The zero-order valence-electron chi connectivity index (χ0n) is 13.1. The Morgan fingerprint density at radius 3 is 2.57 bits per heavy atom. The first-order valence-electron chi connectivity index (χ1n) is 7.11. The van der Waals surface area contributed by atoms with Gasteiger partial charge in [-0.1, -0.05) is 30.3 Å². The Labute approximate surface area is 134 Å². The normalized spacial score (nSPS) is 10.0.